The molecule has 1 amide bonds. The van der Waals surface area contributed by atoms with Gasteiger partial charge in [-0.1, -0.05) is 23.2 Å². The molecule has 5 nitrogen and oxygen atoms in total. The molecule has 0 spiro atoms. The molecule has 1 aromatic carbocycles. The lowest BCUT2D eigenvalue weighted by Gasteiger charge is -2.32. The van der Waals surface area contributed by atoms with Crippen LogP contribution < -0.4 is 10.6 Å². The second-order valence-electron chi connectivity index (χ2n) is 6.85. The molecule has 2 aliphatic heterocycles. The number of carbonyl (C=O) groups excluding carboxylic acids is 1. The van der Waals surface area contributed by atoms with Crippen molar-refractivity contribution < 1.29 is 13.9 Å². The molecule has 2 fully saturated rings. The van der Waals surface area contributed by atoms with E-state index in [0.29, 0.717) is 21.3 Å². The maximum Gasteiger partial charge on any atom is 0.230 e. The highest BCUT2D eigenvalue weighted by Crippen LogP contribution is 2.49. The fourth-order valence-electron chi connectivity index (χ4n) is 4.17. The van der Waals surface area contributed by atoms with Gasteiger partial charge in [0.25, 0.3) is 0 Å². The Bertz CT molecular complexity index is 882. The number of pyridine rings is 1. The maximum absolute atomic E-state index is 13.7. The minimum Gasteiger partial charge on any atom is -0.372 e. The van der Waals surface area contributed by atoms with Gasteiger partial charge in [0.05, 0.1) is 28.2 Å². The van der Waals surface area contributed by atoms with E-state index in [1.165, 1.54) is 12.3 Å². The van der Waals surface area contributed by atoms with E-state index in [0.717, 1.165) is 6.42 Å². The van der Waals surface area contributed by atoms with Crippen LogP contribution in [0.3, 0.4) is 0 Å². The molecule has 8 heteroatoms. The topological polar surface area (TPSA) is 63.2 Å². The zero-order valence-corrected chi connectivity index (χ0v) is 16.0. The monoisotopic (exact) mass is 409 g/mol. The number of likely N-dealkylation sites (N-methyl/N-ethyl adjacent to an activating group) is 1. The second-order valence-corrected chi connectivity index (χ2v) is 7.67. The Balaban J connectivity index is 1.63. The van der Waals surface area contributed by atoms with Crippen molar-refractivity contribution in [2.75, 3.05) is 12.4 Å². The molecule has 1 aromatic heterocycles. The minimum absolute atomic E-state index is 0.116. The summed E-state index contributed by atoms with van der Waals surface area (Å²) < 4.78 is 19.8. The molecule has 2 N–H and O–H groups in total. The number of rotatable bonds is 4. The number of amides is 1. The third kappa shape index (κ3) is 3.43. The predicted octanol–water partition coefficient (Wildman–Crippen LogP) is 3.63. The van der Waals surface area contributed by atoms with E-state index in [-0.39, 0.29) is 30.1 Å². The summed E-state index contributed by atoms with van der Waals surface area (Å²) in [5.41, 5.74) is 1.27. The summed E-state index contributed by atoms with van der Waals surface area (Å²) in [4.78, 5) is 16.7. The van der Waals surface area contributed by atoms with Crippen molar-refractivity contribution in [1.82, 2.24) is 10.3 Å². The molecule has 5 atom stereocenters. The molecule has 142 valence electrons. The van der Waals surface area contributed by atoms with Gasteiger partial charge in [0, 0.05) is 23.8 Å². The lowest BCUT2D eigenvalue weighted by atomic mass is 9.73. The normalized spacial score (nSPS) is 29.1. The van der Waals surface area contributed by atoms with E-state index in [4.69, 9.17) is 27.9 Å². The van der Waals surface area contributed by atoms with Gasteiger partial charge in [-0.2, -0.15) is 4.39 Å². The Kier molecular flexibility index (Phi) is 5.07. The van der Waals surface area contributed by atoms with Crippen molar-refractivity contribution in [3.8, 4) is 0 Å². The van der Waals surface area contributed by atoms with Crippen LogP contribution in [0.25, 0.3) is 0 Å². The number of halogens is 3. The molecule has 2 aromatic rings. The first-order valence-corrected chi connectivity index (χ1v) is 9.43. The van der Waals surface area contributed by atoms with Gasteiger partial charge >= 0.3 is 0 Å². The molecular weight excluding hydrogens is 392 g/mol. The standard InChI is InChI=1S/C19H18Cl2FN3O2/c1-23-13-8-14-17(19(26)25-10-2-3-11(20)12(21)7-10)16(18(13)27-14)9-4-5-24-15(22)6-9/h2-7,13-14,16-18,23H,8H2,1H3,(H,25,26). The minimum atomic E-state index is -0.570. The molecule has 0 saturated carbocycles. The van der Waals surface area contributed by atoms with Crippen molar-refractivity contribution in [3.63, 3.8) is 0 Å². The van der Waals surface area contributed by atoms with Gasteiger partial charge in [0.2, 0.25) is 11.9 Å². The highest BCUT2D eigenvalue weighted by Gasteiger charge is 2.56. The maximum atomic E-state index is 13.7. The van der Waals surface area contributed by atoms with Crippen LogP contribution in [-0.4, -0.2) is 36.2 Å². The van der Waals surface area contributed by atoms with Gasteiger partial charge in [-0.25, -0.2) is 4.98 Å². The molecule has 2 saturated heterocycles. The van der Waals surface area contributed by atoms with Crippen LogP contribution in [0, 0.1) is 11.9 Å². The number of nitrogens with zero attached hydrogens (tertiary/aromatic N) is 1. The molecule has 3 heterocycles. The number of hydrogen-bond donors (Lipinski definition) is 2. The van der Waals surface area contributed by atoms with Crippen molar-refractivity contribution in [2.45, 2.75) is 30.6 Å². The van der Waals surface area contributed by atoms with Crippen LogP contribution in [0.1, 0.15) is 17.9 Å². The summed E-state index contributed by atoms with van der Waals surface area (Å²) in [5, 5.41) is 6.91. The Hall–Kier alpha value is -1.73. The van der Waals surface area contributed by atoms with E-state index < -0.39 is 11.9 Å². The third-order valence-electron chi connectivity index (χ3n) is 5.35. The van der Waals surface area contributed by atoms with Crippen molar-refractivity contribution in [1.29, 1.82) is 0 Å². The highest BCUT2D eigenvalue weighted by atomic mass is 35.5. The van der Waals surface area contributed by atoms with Gasteiger partial charge in [-0.3, -0.25) is 4.79 Å². The van der Waals surface area contributed by atoms with Crippen LogP contribution in [0.15, 0.2) is 36.5 Å². The third-order valence-corrected chi connectivity index (χ3v) is 6.09. The summed E-state index contributed by atoms with van der Waals surface area (Å²) in [7, 11) is 1.86. The van der Waals surface area contributed by atoms with Gasteiger partial charge < -0.3 is 15.4 Å². The van der Waals surface area contributed by atoms with Crippen LogP contribution in [0.2, 0.25) is 10.0 Å². The Morgan fingerprint density at radius 1 is 1.26 bits per heavy atom. The fraction of sp³-hybridized carbons (Fsp3) is 0.368. The molecule has 27 heavy (non-hydrogen) atoms. The number of anilines is 1. The number of nitrogens with one attached hydrogen (secondary N) is 2. The summed E-state index contributed by atoms with van der Waals surface area (Å²) >= 11 is 12.0. The average molecular weight is 410 g/mol. The quantitative estimate of drug-likeness (QED) is 0.756. The molecule has 4 rings (SSSR count). The number of benzene rings is 1. The van der Waals surface area contributed by atoms with E-state index in [2.05, 4.69) is 15.6 Å². The van der Waals surface area contributed by atoms with Gasteiger partial charge in [-0.05, 0) is 49.4 Å². The number of fused-ring (bicyclic) bond motifs is 2. The molecule has 2 aliphatic rings. The first-order valence-electron chi connectivity index (χ1n) is 8.68. The highest BCUT2D eigenvalue weighted by molar-refractivity contribution is 6.42. The lowest BCUT2D eigenvalue weighted by molar-refractivity contribution is -0.121. The zero-order valence-electron chi connectivity index (χ0n) is 14.5. The molecule has 0 aliphatic carbocycles. The molecular formula is C19H18Cl2FN3O2. The van der Waals surface area contributed by atoms with Gasteiger partial charge in [0.1, 0.15) is 0 Å². The zero-order chi connectivity index (χ0) is 19.1. The Morgan fingerprint density at radius 2 is 2.07 bits per heavy atom. The summed E-state index contributed by atoms with van der Waals surface area (Å²) in [6, 6.07) is 8.16. The van der Waals surface area contributed by atoms with Gasteiger partial charge in [0.15, 0.2) is 0 Å². The SMILES string of the molecule is CNC1CC2OC1C(c1ccnc(F)c1)C2C(=O)Nc1ccc(Cl)c(Cl)c1. The van der Waals surface area contributed by atoms with Crippen LogP contribution >= 0.6 is 23.2 Å². The van der Waals surface area contributed by atoms with Crippen LogP contribution in [-0.2, 0) is 9.53 Å². The molecule has 5 unspecified atom stereocenters. The van der Waals surface area contributed by atoms with E-state index in [1.807, 2.05) is 7.05 Å². The summed E-state index contributed by atoms with van der Waals surface area (Å²) in [6.07, 6.45) is 1.70. The molecule has 2 bridgehead atoms. The van der Waals surface area contributed by atoms with Crippen molar-refractivity contribution >= 4 is 34.8 Å². The first-order chi connectivity index (χ1) is 13.0. The lowest BCUT2D eigenvalue weighted by Crippen LogP contribution is -2.45. The van der Waals surface area contributed by atoms with E-state index >= 15 is 0 Å². The van der Waals surface area contributed by atoms with Crippen molar-refractivity contribution in [3.05, 3.63) is 58.1 Å². The number of carbonyl (C=O) groups is 1. The summed E-state index contributed by atoms with van der Waals surface area (Å²) in [6.45, 7) is 0. The first kappa shape index (κ1) is 18.6. The van der Waals surface area contributed by atoms with Gasteiger partial charge in [-0.15, -0.1) is 0 Å². The van der Waals surface area contributed by atoms with Crippen LogP contribution in [0.4, 0.5) is 10.1 Å². The number of aromatic nitrogens is 1. The molecule has 0 radical (unpaired) electrons. The van der Waals surface area contributed by atoms with E-state index in [1.54, 1.807) is 24.3 Å². The Morgan fingerprint density at radius 3 is 2.78 bits per heavy atom. The smallest absolute Gasteiger partial charge is 0.230 e. The fourth-order valence-corrected chi connectivity index (χ4v) is 4.47. The Labute approximate surface area is 166 Å². The number of ether oxygens (including phenoxy) is 1. The number of hydrogen-bond acceptors (Lipinski definition) is 4. The second kappa shape index (κ2) is 7.36. The average Bonchev–Trinajstić information content (AvgIpc) is 3.22. The van der Waals surface area contributed by atoms with Crippen molar-refractivity contribution in [2.24, 2.45) is 5.92 Å². The largest absolute Gasteiger partial charge is 0.372 e. The van der Waals surface area contributed by atoms with Crippen LogP contribution in [0.5, 0.6) is 0 Å². The summed E-state index contributed by atoms with van der Waals surface area (Å²) in [5.74, 6) is -1.45. The van der Waals surface area contributed by atoms with E-state index in [9.17, 15) is 9.18 Å². The predicted molar refractivity (Wildman–Crippen MR) is 102 cm³/mol.